The summed E-state index contributed by atoms with van der Waals surface area (Å²) in [7, 11) is 1.34. The summed E-state index contributed by atoms with van der Waals surface area (Å²) in [6, 6.07) is 3.59. The van der Waals surface area contributed by atoms with E-state index in [1.807, 2.05) is 0 Å². The summed E-state index contributed by atoms with van der Waals surface area (Å²) in [6.45, 7) is 0.611. The minimum atomic E-state index is -0.428. The van der Waals surface area contributed by atoms with Crippen LogP contribution in [0, 0.1) is 0 Å². The standard InChI is InChI=1S/C9H11BrO4/c1-12-9(11)8(10)6-13-5-7-3-2-4-14-7/h2-4,8H,5-6H2,1H3. The van der Waals surface area contributed by atoms with Crippen LogP contribution in [0.4, 0.5) is 0 Å². The molecule has 0 spiro atoms. The molecule has 0 fully saturated rings. The second-order valence-corrected chi connectivity index (χ2v) is 3.69. The Bertz CT molecular complexity index is 270. The third-order valence-corrected chi connectivity index (χ3v) is 2.18. The fourth-order valence-electron chi connectivity index (χ4n) is 0.854. The lowest BCUT2D eigenvalue weighted by atomic mass is 10.4. The average molecular weight is 263 g/mol. The van der Waals surface area contributed by atoms with Crippen molar-refractivity contribution in [1.82, 2.24) is 0 Å². The van der Waals surface area contributed by atoms with Crippen LogP contribution >= 0.6 is 15.9 Å². The molecule has 1 heterocycles. The SMILES string of the molecule is COC(=O)C(Br)COCc1ccco1. The van der Waals surface area contributed by atoms with E-state index in [2.05, 4.69) is 20.7 Å². The minimum absolute atomic E-state index is 0.257. The van der Waals surface area contributed by atoms with Gasteiger partial charge in [-0.05, 0) is 12.1 Å². The van der Waals surface area contributed by atoms with E-state index in [4.69, 9.17) is 9.15 Å². The van der Waals surface area contributed by atoms with Crippen LogP contribution in [0.1, 0.15) is 5.76 Å². The quantitative estimate of drug-likeness (QED) is 0.599. The van der Waals surface area contributed by atoms with Gasteiger partial charge in [0.15, 0.2) is 0 Å². The van der Waals surface area contributed by atoms with Crippen molar-refractivity contribution in [2.45, 2.75) is 11.4 Å². The number of alkyl halides is 1. The summed E-state index contributed by atoms with van der Waals surface area (Å²) in [5, 5.41) is 0. The molecule has 1 aromatic rings. The minimum Gasteiger partial charge on any atom is -0.468 e. The number of ether oxygens (including phenoxy) is 2. The summed E-state index contributed by atoms with van der Waals surface area (Å²) < 4.78 is 14.8. The van der Waals surface area contributed by atoms with Crippen LogP contribution in [-0.4, -0.2) is 24.5 Å². The fourth-order valence-corrected chi connectivity index (χ4v) is 1.23. The van der Waals surface area contributed by atoms with Gasteiger partial charge < -0.3 is 13.9 Å². The van der Waals surface area contributed by atoms with E-state index < -0.39 is 4.83 Å². The van der Waals surface area contributed by atoms with E-state index in [0.29, 0.717) is 6.61 Å². The zero-order valence-electron chi connectivity index (χ0n) is 7.73. The molecular weight excluding hydrogens is 252 g/mol. The maximum atomic E-state index is 10.9. The molecule has 0 N–H and O–H groups in total. The van der Waals surface area contributed by atoms with Crippen LogP contribution in [0.5, 0.6) is 0 Å². The largest absolute Gasteiger partial charge is 0.468 e. The molecule has 0 saturated carbocycles. The fraction of sp³-hybridized carbons (Fsp3) is 0.444. The number of carbonyl (C=O) groups excluding carboxylic acids is 1. The smallest absolute Gasteiger partial charge is 0.321 e. The molecule has 0 aliphatic heterocycles. The first-order valence-corrected chi connectivity index (χ1v) is 4.97. The highest BCUT2D eigenvalue weighted by Gasteiger charge is 2.15. The zero-order chi connectivity index (χ0) is 10.4. The molecule has 1 rings (SSSR count). The summed E-state index contributed by atoms with van der Waals surface area (Å²) >= 11 is 3.14. The molecule has 0 aliphatic carbocycles. The highest BCUT2D eigenvalue weighted by atomic mass is 79.9. The van der Waals surface area contributed by atoms with Gasteiger partial charge in [-0.2, -0.15) is 0 Å². The van der Waals surface area contributed by atoms with Gasteiger partial charge in [0.2, 0.25) is 0 Å². The van der Waals surface area contributed by atoms with Crippen LogP contribution in [0.3, 0.4) is 0 Å². The number of methoxy groups -OCH3 is 1. The summed E-state index contributed by atoms with van der Waals surface area (Å²) in [4.78, 5) is 10.5. The van der Waals surface area contributed by atoms with Crippen LogP contribution in [0.15, 0.2) is 22.8 Å². The number of hydrogen-bond donors (Lipinski definition) is 0. The maximum Gasteiger partial charge on any atom is 0.321 e. The van der Waals surface area contributed by atoms with E-state index in [1.54, 1.807) is 18.4 Å². The zero-order valence-corrected chi connectivity index (χ0v) is 9.32. The van der Waals surface area contributed by atoms with Gasteiger partial charge in [-0.3, -0.25) is 4.79 Å². The van der Waals surface area contributed by atoms with E-state index >= 15 is 0 Å². The van der Waals surface area contributed by atoms with Gasteiger partial charge >= 0.3 is 5.97 Å². The van der Waals surface area contributed by atoms with Crippen molar-refractivity contribution in [3.05, 3.63) is 24.2 Å². The molecule has 0 saturated heterocycles. The van der Waals surface area contributed by atoms with Crippen molar-refractivity contribution < 1.29 is 18.7 Å². The van der Waals surface area contributed by atoms with E-state index in [0.717, 1.165) is 5.76 Å². The molecule has 1 aromatic heterocycles. The first kappa shape index (κ1) is 11.3. The highest BCUT2D eigenvalue weighted by molar-refractivity contribution is 9.10. The number of hydrogen-bond acceptors (Lipinski definition) is 4. The predicted octanol–water partition coefficient (Wildman–Crippen LogP) is 1.73. The molecule has 1 atom stereocenters. The number of rotatable bonds is 5. The lowest BCUT2D eigenvalue weighted by Gasteiger charge is -2.07. The Hall–Kier alpha value is -0.810. The topological polar surface area (TPSA) is 48.7 Å². The lowest BCUT2D eigenvalue weighted by molar-refractivity contribution is -0.141. The summed E-state index contributed by atoms with van der Waals surface area (Å²) in [5.74, 6) is 0.388. The molecule has 5 heteroatoms. The molecule has 78 valence electrons. The Labute approximate surface area is 90.3 Å². The first-order valence-electron chi connectivity index (χ1n) is 4.06. The molecule has 0 aliphatic rings. The number of carbonyl (C=O) groups is 1. The maximum absolute atomic E-state index is 10.9. The Balaban J connectivity index is 2.18. The van der Waals surface area contributed by atoms with E-state index in [1.165, 1.54) is 7.11 Å². The molecular formula is C9H11BrO4. The van der Waals surface area contributed by atoms with Gasteiger partial charge in [0.25, 0.3) is 0 Å². The second kappa shape index (κ2) is 5.82. The third-order valence-electron chi connectivity index (χ3n) is 1.55. The summed E-state index contributed by atoms with van der Waals surface area (Å²) in [6.07, 6.45) is 1.57. The van der Waals surface area contributed by atoms with Gasteiger partial charge in [0, 0.05) is 0 Å². The van der Waals surface area contributed by atoms with Crippen molar-refractivity contribution in [2.24, 2.45) is 0 Å². The molecule has 0 bridgehead atoms. The van der Waals surface area contributed by atoms with Crippen LogP contribution in [0.2, 0.25) is 0 Å². The van der Waals surface area contributed by atoms with Crippen molar-refractivity contribution in [3.8, 4) is 0 Å². The highest BCUT2D eigenvalue weighted by Crippen LogP contribution is 2.06. The Morgan fingerprint density at radius 1 is 1.71 bits per heavy atom. The van der Waals surface area contributed by atoms with Gasteiger partial charge in [-0.15, -0.1) is 0 Å². The Morgan fingerprint density at radius 2 is 2.50 bits per heavy atom. The molecule has 0 radical (unpaired) electrons. The van der Waals surface area contributed by atoms with E-state index in [9.17, 15) is 4.79 Å². The van der Waals surface area contributed by atoms with Crippen LogP contribution in [-0.2, 0) is 20.9 Å². The summed E-state index contributed by atoms with van der Waals surface area (Å²) in [5.41, 5.74) is 0. The monoisotopic (exact) mass is 262 g/mol. The Kier molecular flexibility index (Phi) is 4.69. The van der Waals surface area contributed by atoms with Gasteiger partial charge in [-0.25, -0.2) is 0 Å². The van der Waals surface area contributed by atoms with Crippen molar-refractivity contribution in [2.75, 3.05) is 13.7 Å². The van der Waals surface area contributed by atoms with Crippen molar-refractivity contribution >= 4 is 21.9 Å². The lowest BCUT2D eigenvalue weighted by Crippen LogP contribution is -2.21. The second-order valence-electron chi connectivity index (χ2n) is 2.59. The van der Waals surface area contributed by atoms with Gasteiger partial charge in [-0.1, -0.05) is 15.9 Å². The van der Waals surface area contributed by atoms with Gasteiger partial charge in [0.1, 0.15) is 17.2 Å². The molecule has 0 amide bonds. The van der Waals surface area contributed by atoms with Crippen LogP contribution in [0.25, 0.3) is 0 Å². The van der Waals surface area contributed by atoms with Crippen molar-refractivity contribution in [3.63, 3.8) is 0 Å². The molecule has 0 aromatic carbocycles. The Morgan fingerprint density at radius 3 is 3.07 bits per heavy atom. The number of esters is 1. The van der Waals surface area contributed by atoms with Crippen LogP contribution < -0.4 is 0 Å². The number of furan rings is 1. The molecule has 14 heavy (non-hydrogen) atoms. The average Bonchev–Trinajstić information content (AvgIpc) is 2.69. The van der Waals surface area contributed by atoms with Gasteiger partial charge in [0.05, 0.1) is 20.0 Å². The molecule has 1 unspecified atom stereocenters. The normalized spacial score (nSPS) is 12.4. The molecule has 4 nitrogen and oxygen atoms in total. The van der Waals surface area contributed by atoms with E-state index in [-0.39, 0.29) is 12.6 Å². The predicted molar refractivity (Wildman–Crippen MR) is 53.1 cm³/mol. The first-order chi connectivity index (χ1) is 6.74. The number of halogens is 1. The van der Waals surface area contributed by atoms with Crippen molar-refractivity contribution in [1.29, 1.82) is 0 Å². The third kappa shape index (κ3) is 3.51.